The minimum atomic E-state index is -0.129. The van der Waals surface area contributed by atoms with E-state index in [4.69, 9.17) is 0 Å². The fraction of sp³-hybridized carbons (Fsp3) is 0.938. The number of likely N-dealkylation sites (tertiary alicyclic amines) is 1. The third kappa shape index (κ3) is 3.01. The van der Waals surface area contributed by atoms with Crippen molar-refractivity contribution in [3.8, 4) is 0 Å². The van der Waals surface area contributed by atoms with Crippen LogP contribution < -0.4 is 5.32 Å². The molecule has 2 rings (SSSR count). The Kier molecular flexibility index (Phi) is 5.44. The molecule has 2 heterocycles. The van der Waals surface area contributed by atoms with Gasteiger partial charge in [0.2, 0.25) is 5.91 Å². The van der Waals surface area contributed by atoms with E-state index in [1.165, 1.54) is 0 Å². The van der Waals surface area contributed by atoms with Gasteiger partial charge in [-0.05, 0) is 45.3 Å². The van der Waals surface area contributed by atoms with Crippen LogP contribution >= 0.6 is 0 Å². The summed E-state index contributed by atoms with van der Waals surface area (Å²) < 4.78 is 0. The van der Waals surface area contributed by atoms with Gasteiger partial charge in [-0.3, -0.25) is 9.69 Å². The molecule has 0 aromatic rings. The van der Waals surface area contributed by atoms with E-state index >= 15 is 0 Å². The van der Waals surface area contributed by atoms with Gasteiger partial charge in [-0.15, -0.1) is 0 Å². The molecule has 20 heavy (non-hydrogen) atoms. The van der Waals surface area contributed by atoms with Gasteiger partial charge < -0.3 is 10.2 Å². The van der Waals surface area contributed by atoms with Crippen LogP contribution in [-0.4, -0.2) is 61.0 Å². The second kappa shape index (κ2) is 6.90. The standard InChI is InChI=1S/C16H31N3O/c1-4-16(9-7-10-17-13-16)15(20)19-11-8-14(12-19)18(5-2)6-3/h14,17H,4-13H2,1-3H3. The number of rotatable bonds is 5. The van der Waals surface area contributed by atoms with E-state index in [0.29, 0.717) is 11.9 Å². The highest BCUT2D eigenvalue weighted by molar-refractivity contribution is 5.83. The summed E-state index contributed by atoms with van der Waals surface area (Å²) in [5, 5.41) is 3.43. The van der Waals surface area contributed by atoms with Gasteiger partial charge in [0.1, 0.15) is 0 Å². The number of nitrogens with one attached hydrogen (secondary N) is 1. The minimum absolute atomic E-state index is 0.129. The van der Waals surface area contributed by atoms with Crippen molar-refractivity contribution in [2.45, 2.75) is 52.5 Å². The third-order valence-corrected chi connectivity index (χ3v) is 5.38. The Hall–Kier alpha value is -0.610. The van der Waals surface area contributed by atoms with Crippen LogP contribution in [0, 0.1) is 5.41 Å². The lowest BCUT2D eigenvalue weighted by Crippen LogP contribution is -2.51. The number of nitrogens with zero attached hydrogens (tertiary/aromatic N) is 2. The first kappa shape index (κ1) is 15.8. The molecular formula is C16H31N3O. The lowest BCUT2D eigenvalue weighted by Gasteiger charge is -2.38. The fourth-order valence-corrected chi connectivity index (χ4v) is 3.90. The van der Waals surface area contributed by atoms with Crippen LogP contribution in [0.5, 0.6) is 0 Å². The normalized spacial score (nSPS) is 31.0. The molecule has 0 spiro atoms. The van der Waals surface area contributed by atoms with E-state index in [-0.39, 0.29) is 5.41 Å². The molecule has 0 aromatic carbocycles. The lowest BCUT2D eigenvalue weighted by atomic mass is 9.77. The van der Waals surface area contributed by atoms with Crippen molar-refractivity contribution in [2.75, 3.05) is 39.3 Å². The molecule has 2 fully saturated rings. The fourth-order valence-electron chi connectivity index (χ4n) is 3.90. The lowest BCUT2D eigenvalue weighted by molar-refractivity contribution is -0.142. The molecular weight excluding hydrogens is 250 g/mol. The monoisotopic (exact) mass is 281 g/mol. The maximum atomic E-state index is 13.0. The van der Waals surface area contributed by atoms with Crippen LogP contribution in [0.2, 0.25) is 0 Å². The average Bonchev–Trinajstić information content (AvgIpc) is 2.98. The maximum Gasteiger partial charge on any atom is 0.230 e. The molecule has 1 amide bonds. The third-order valence-electron chi connectivity index (χ3n) is 5.38. The predicted molar refractivity (Wildman–Crippen MR) is 82.7 cm³/mol. The van der Waals surface area contributed by atoms with Crippen LogP contribution in [0.4, 0.5) is 0 Å². The molecule has 2 atom stereocenters. The maximum absolute atomic E-state index is 13.0. The highest BCUT2D eigenvalue weighted by Gasteiger charge is 2.42. The topological polar surface area (TPSA) is 35.6 Å². The van der Waals surface area contributed by atoms with Gasteiger partial charge in [0.25, 0.3) is 0 Å². The molecule has 0 aromatic heterocycles. The van der Waals surface area contributed by atoms with Gasteiger partial charge in [0.05, 0.1) is 5.41 Å². The van der Waals surface area contributed by atoms with Gasteiger partial charge in [-0.2, -0.15) is 0 Å². The summed E-state index contributed by atoms with van der Waals surface area (Å²) in [4.78, 5) is 17.6. The molecule has 2 saturated heterocycles. The van der Waals surface area contributed by atoms with Gasteiger partial charge in [0.15, 0.2) is 0 Å². The molecule has 2 unspecified atom stereocenters. The smallest absolute Gasteiger partial charge is 0.230 e. The number of likely N-dealkylation sites (N-methyl/N-ethyl adjacent to an activating group) is 1. The summed E-state index contributed by atoms with van der Waals surface area (Å²) >= 11 is 0. The molecule has 1 N–H and O–H groups in total. The van der Waals surface area contributed by atoms with Crippen LogP contribution in [-0.2, 0) is 4.79 Å². The number of carbonyl (C=O) groups is 1. The van der Waals surface area contributed by atoms with Gasteiger partial charge in [-0.1, -0.05) is 20.8 Å². The van der Waals surface area contributed by atoms with E-state index in [9.17, 15) is 4.79 Å². The van der Waals surface area contributed by atoms with Gasteiger partial charge in [0, 0.05) is 25.7 Å². The van der Waals surface area contributed by atoms with E-state index in [0.717, 1.165) is 65.0 Å². The van der Waals surface area contributed by atoms with E-state index in [2.05, 4.69) is 35.9 Å². The second-order valence-electron chi connectivity index (χ2n) is 6.33. The summed E-state index contributed by atoms with van der Waals surface area (Å²) in [6.45, 7) is 12.6. The van der Waals surface area contributed by atoms with E-state index in [1.54, 1.807) is 0 Å². The number of amides is 1. The molecule has 0 saturated carbocycles. The number of piperidine rings is 1. The van der Waals surface area contributed by atoms with Crippen LogP contribution in [0.25, 0.3) is 0 Å². The van der Waals surface area contributed by atoms with Crippen molar-refractivity contribution in [1.82, 2.24) is 15.1 Å². The number of carbonyl (C=O) groups excluding carboxylic acids is 1. The average molecular weight is 281 g/mol. The second-order valence-corrected chi connectivity index (χ2v) is 6.33. The van der Waals surface area contributed by atoms with Crippen molar-refractivity contribution in [1.29, 1.82) is 0 Å². The van der Waals surface area contributed by atoms with E-state index < -0.39 is 0 Å². The van der Waals surface area contributed by atoms with Crippen LogP contribution in [0.3, 0.4) is 0 Å². The minimum Gasteiger partial charge on any atom is -0.341 e. The SMILES string of the molecule is CCN(CC)C1CCN(C(=O)C2(CC)CCCNC2)C1. The number of hydrogen-bond donors (Lipinski definition) is 1. The van der Waals surface area contributed by atoms with Crippen molar-refractivity contribution < 1.29 is 4.79 Å². The zero-order valence-electron chi connectivity index (χ0n) is 13.5. The predicted octanol–water partition coefficient (Wildman–Crippen LogP) is 1.71. The van der Waals surface area contributed by atoms with E-state index in [1.807, 2.05) is 0 Å². The quantitative estimate of drug-likeness (QED) is 0.833. The molecule has 116 valence electrons. The van der Waals surface area contributed by atoms with Crippen LogP contribution in [0.15, 0.2) is 0 Å². The molecule has 4 nitrogen and oxygen atoms in total. The Morgan fingerprint density at radius 3 is 2.65 bits per heavy atom. The summed E-state index contributed by atoms with van der Waals surface area (Å²) in [5.41, 5.74) is -0.129. The summed E-state index contributed by atoms with van der Waals surface area (Å²) in [6.07, 6.45) is 4.29. The first-order valence-corrected chi connectivity index (χ1v) is 8.41. The van der Waals surface area contributed by atoms with Crippen molar-refractivity contribution in [2.24, 2.45) is 5.41 Å². The largest absolute Gasteiger partial charge is 0.341 e. The molecule has 0 aliphatic carbocycles. The summed E-state index contributed by atoms with van der Waals surface area (Å²) in [7, 11) is 0. The summed E-state index contributed by atoms with van der Waals surface area (Å²) in [6, 6.07) is 0.569. The summed E-state index contributed by atoms with van der Waals surface area (Å²) in [5.74, 6) is 0.404. The molecule has 0 bridgehead atoms. The molecule has 0 radical (unpaired) electrons. The Morgan fingerprint density at radius 2 is 2.10 bits per heavy atom. The molecule has 2 aliphatic heterocycles. The van der Waals surface area contributed by atoms with Crippen molar-refractivity contribution in [3.05, 3.63) is 0 Å². The number of hydrogen-bond acceptors (Lipinski definition) is 3. The van der Waals surface area contributed by atoms with Crippen LogP contribution in [0.1, 0.15) is 46.5 Å². The van der Waals surface area contributed by atoms with Crippen molar-refractivity contribution in [3.63, 3.8) is 0 Å². The Bertz CT molecular complexity index is 322. The van der Waals surface area contributed by atoms with Gasteiger partial charge >= 0.3 is 0 Å². The highest BCUT2D eigenvalue weighted by Crippen LogP contribution is 2.33. The van der Waals surface area contributed by atoms with Crippen molar-refractivity contribution >= 4 is 5.91 Å². The zero-order valence-corrected chi connectivity index (χ0v) is 13.5. The Morgan fingerprint density at radius 1 is 1.35 bits per heavy atom. The molecule has 4 heteroatoms. The first-order chi connectivity index (χ1) is 9.66. The zero-order chi connectivity index (χ0) is 14.6. The highest BCUT2D eigenvalue weighted by atomic mass is 16.2. The Balaban J connectivity index is 1.99. The first-order valence-electron chi connectivity index (χ1n) is 8.41. The Labute approximate surface area is 123 Å². The van der Waals surface area contributed by atoms with Gasteiger partial charge in [-0.25, -0.2) is 0 Å². The molecule has 2 aliphatic rings.